The summed E-state index contributed by atoms with van der Waals surface area (Å²) in [6.45, 7) is 7.13. The van der Waals surface area contributed by atoms with Crippen molar-refractivity contribution >= 4 is 0 Å². The standard InChI is InChI=1S/C13H20FN/c1-4-13(10(2)3)15-9-11-7-5-6-8-12(11)14/h5-8,10,13,15H,4,9H2,1-3H3. The molecule has 1 aromatic carbocycles. The van der Waals surface area contributed by atoms with Crippen molar-refractivity contribution in [3.8, 4) is 0 Å². The number of hydrogen-bond donors (Lipinski definition) is 1. The van der Waals surface area contributed by atoms with Gasteiger partial charge in [-0.25, -0.2) is 4.39 Å². The van der Waals surface area contributed by atoms with Gasteiger partial charge in [0, 0.05) is 18.2 Å². The predicted octanol–water partition coefficient (Wildman–Crippen LogP) is 3.35. The summed E-state index contributed by atoms with van der Waals surface area (Å²) >= 11 is 0. The summed E-state index contributed by atoms with van der Waals surface area (Å²) in [5, 5.41) is 3.39. The zero-order valence-electron chi connectivity index (χ0n) is 9.76. The Morgan fingerprint density at radius 1 is 1.27 bits per heavy atom. The molecule has 0 amide bonds. The molecule has 1 nitrogen and oxygen atoms in total. The minimum absolute atomic E-state index is 0.122. The Morgan fingerprint density at radius 3 is 2.47 bits per heavy atom. The molecule has 0 spiro atoms. The first kappa shape index (κ1) is 12.2. The summed E-state index contributed by atoms with van der Waals surface area (Å²) in [5.74, 6) is 0.463. The third kappa shape index (κ3) is 3.63. The van der Waals surface area contributed by atoms with Crippen molar-refractivity contribution in [2.24, 2.45) is 5.92 Å². The zero-order valence-corrected chi connectivity index (χ0v) is 9.76. The van der Waals surface area contributed by atoms with Crippen molar-refractivity contribution in [3.05, 3.63) is 35.6 Å². The maximum absolute atomic E-state index is 13.3. The average Bonchev–Trinajstić information content (AvgIpc) is 2.21. The average molecular weight is 209 g/mol. The van der Waals surface area contributed by atoms with E-state index in [4.69, 9.17) is 0 Å². The summed E-state index contributed by atoms with van der Waals surface area (Å²) in [6.07, 6.45) is 1.08. The maximum atomic E-state index is 13.3. The van der Waals surface area contributed by atoms with Crippen LogP contribution in [0.3, 0.4) is 0 Å². The molecule has 84 valence electrons. The molecule has 0 aliphatic carbocycles. The highest BCUT2D eigenvalue weighted by molar-refractivity contribution is 5.17. The first-order valence-electron chi connectivity index (χ1n) is 5.62. The number of benzene rings is 1. The van der Waals surface area contributed by atoms with Crippen LogP contribution in [0, 0.1) is 11.7 Å². The number of halogens is 1. The largest absolute Gasteiger partial charge is 0.310 e. The van der Waals surface area contributed by atoms with E-state index in [1.54, 1.807) is 6.07 Å². The van der Waals surface area contributed by atoms with Crippen LogP contribution in [-0.4, -0.2) is 6.04 Å². The lowest BCUT2D eigenvalue weighted by atomic mass is 10.0. The van der Waals surface area contributed by atoms with E-state index >= 15 is 0 Å². The predicted molar refractivity (Wildman–Crippen MR) is 62.2 cm³/mol. The second-order valence-electron chi connectivity index (χ2n) is 4.23. The molecule has 0 saturated heterocycles. The van der Waals surface area contributed by atoms with Crippen molar-refractivity contribution in [1.82, 2.24) is 5.32 Å². The number of rotatable bonds is 5. The van der Waals surface area contributed by atoms with Gasteiger partial charge in [-0.05, 0) is 18.4 Å². The molecule has 1 unspecified atom stereocenters. The van der Waals surface area contributed by atoms with Crippen molar-refractivity contribution in [3.63, 3.8) is 0 Å². The third-order valence-electron chi connectivity index (χ3n) is 2.76. The summed E-state index contributed by atoms with van der Waals surface area (Å²) in [6, 6.07) is 7.39. The van der Waals surface area contributed by atoms with Gasteiger partial charge in [0.2, 0.25) is 0 Å². The fourth-order valence-electron chi connectivity index (χ4n) is 1.73. The molecule has 0 aliphatic rings. The van der Waals surface area contributed by atoms with E-state index in [0.717, 1.165) is 12.0 Å². The second kappa shape index (κ2) is 5.86. The van der Waals surface area contributed by atoms with Crippen LogP contribution in [0.15, 0.2) is 24.3 Å². The Kier molecular flexibility index (Phi) is 4.76. The molecule has 2 heteroatoms. The van der Waals surface area contributed by atoms with Gasteiger partial charge in [0.25, 0.3) is 0 Å². The van der Waals surface area contributed by atoms with Gasteiger partial charge in [-0.3, -0.25) is 0 Å². The highest BCUT2D eigenvalue weighted by Gasteiger charge is 2.10. The van der Waals surface area contributed by atoms with Crippen LogP contribution in [0.2, 0.25) is 0 Å². The minimum Gasteiger partial charge on any atom is -0.310 e. The van der Waals surface area contributed by atoms with Crippen LogP contribution in [0.25, 0.3) is 0 Å². The van der Waals surface area contributed by atoms with Crippen molar-refractivity contribution < 1.29 is 4.39 Å². The fraction of sp³-hybridized carbons (Fsp3) is 0.538. The first-order chi connectivity index (χ1) is 7.15. The highest BCUT2D eigenvalue weighted by atomic mass is 19.1. The Morgan fingerprint density at radius 2 is 1.93 bits per heavy atom. The molecule has 0 aromatic heterocycles. The van der Waals surface area contributed by atoms with E-state index in [-0.39, 0.29) is 5.82 Å². The molecule has 0 heterocycles. The molecule has 1 atom stereocenters. The molecule has 1 rings (SSSR count). The smallest absolute Gasteiger partial charge is 0.127 e. The molecule has 0 fully saturated rings. The summed E-state index contributed by atoms with van der Waals surface area (Å²) in [7, 11) is 0. The monoisotopic (exact) mass is 209 g/mol. The van der Waals surface area contributed by atoms with Gasteiger partial charge in [-0.15, -0.1) is 0 Å². The van der Waals surface area contributed by atoms with E-state index in [2.05, 4.69) is 26.1 Å². The molecular weight excluding hydrogens is 189 g/mol. The van der Waals surface area contributed by atoms with Crippen molar-refractivity contribution in [2.45, 2.75) is 39.8 Å². The topological polar surface area (TPSA) is 12.0 Å². The lowest BCUT2D eigenvalue weighted by Crippen LogP contribution is -2.32. The van der Waals surface area contributed by atoms with E-state index in [1.165, 1.54) is 6.07 Å². The quantitative estimate of drug-likeness (QED) is 0.784. The summed E-state index contributed by atoms with van der Waals surface area (Å²) in [5.41, 5.74) is 0.747. The molecule has 0 bridgehead atoms. The van der Waals surface area contributed by atoms with Gasteiger partial charge in [0.1, 0.15) is 5.82 Å². The Bertz CT molecular complexity index is 296. The summed E-state index contributed by atoms with van der Waals surface area (Å²) < 4.78 is 13.3. The Hall–Kier alpha value is -0.890. The molecule has 1 N–H and O–H groups in total. The normalized spacial score (nSPS) is 13.1. The van der Waals surface area contributed by atoms with Crippen LogP contribution in [-0.2, 0) is 6.54 Å². The molecule has 0 radical (unpaired) electrons. The molecule has 1 aromatic rings. The highest BCUT2D eigenvalue weighted by Crippen LogP contribution is 2.09. The lowest BCUT2D eigenvalue weighted by molar-refractivity contribution is 0.384. The summed E-state index contributed by atoms with van der Waals surface area (Å²) in [4.78, 5) is 0. The molecule has 15 heavy (non-hydrogen) atoms. The van der Waals surface area contributed by atoms with Gasteiger partial charge >= 0.3 is 0 Å². The third-order valence-corrected chi connectivity index (χ3v) is 2.76. The first-order valence-corrected chi connectivity index (χ1v) is 5.62. The van der Waals surface area contributed by atoms with Crippen molar-refractivity contribution in [1.29, 1.82) is 0 Å². The van der Waals surface area contributed by atoms with Gasteiger partial charge in [0.05, 0.1) is 0 Å². The Labute approximate surface area is 91.7 Å². The van der Waals surface area contributed by atoms with E-state index in [9.17, 15) is 4.39 Å². The van der Waals surface area contributed by atoms with Crippen LogP contribution in [0.1, 0.15) is 32.8 Å². The van der Waals surface area contributed by atoms with E-state index < -0.39 is 0 Å². The van der Waals surface area contributed by atoms with Crippen LogP contribution >= 0.6 is 0 Å². The van der Waals surface area contributed by atoms with Gasteiger partial charge in [0.15, 0.2) is 0 Å². The van der Waals surface area contributed by atoms with E-state index in [1.807, 2.05) is 12.1 Å². The van der Waals surface area contributed by atoms with Gasteiger partial charge in [-0.2, -0.15) is 0 Å². The fourth-order valence-corrected chi connectivity index (χ4v) is 1.73. The van der Waals surface area contributed by atoms with Gasteiger partial charge in [-0.1, -0.05) is 39.0 Å². The molecule has 0 saturated carbocycles. The van der Waals surface area contributed by atoms with Crippen LogP contribution in [0.5, 0.6) is 0 Å². The molecule has 0 aliphatic heterocycles. The SMILES string of the molecule is CCC(NCc1ccccc1F)C(C)C. The molecular formula is C13H20FN. The Balaban J connectivity index is 2.53. The minimum atomic E-state index is -0.122. The van der Waals surface area contributed by atoms with Crippen LogP contribution < -0.4 is 5.32 Å². The van der Waals surface area contributed by atoms with Crippen LogP contribution in [0.4, 0.5) is 4.39 Å². The number of nitrogens with one attached hydrogen (secondary N) is 1. The van der Waals surface area contributed by atoms with Gasteiger partial charge < -0.3 is 5.32 Å². The maximum Gasteiger partial charge on any atom is 0.127 e. The second-order valence-corrected chi connectivity index (χ2v) is 4.23. The van der Waals surface area contributed by atoms with Crippen molar-refractivity contribution in [2.75, 3.05) is 0 Å². The zero-order chi connectivity index (χ0) is 11.3. The number of hydrogen-bond acceptors (Lipinski definition) is 1. The lowest BCUT2D eigenvalue weighted by Gasteiger charge is -2.20. The van der Waals surface area contributed by atoms with E-state index in [0.29, 0.717) is 18.5 Å².